The molecular formula is C27H16O2. The molecule has 1 aliphatic heterocycles. The van der Waals surface area contributed by atoms with Crippen LogP contribution in [0.1, 0.15) is 27.0 Å². The highest BCUT2D eigenvalue weighted by Gasteiger charge is 2.28. The van der Waals surface area contributed by atoms with Crippen LogP contribution >= 0.6 is 0 Å². The summed E-state index contributed by atoms with van der Waals surface area (Å²) < 4.78 is 6.09. The van der Waals surface area contributed by atoms with E-state index in [9.17, 15) is 4.79 Å². The van der Waals surface area contributed by atoms with Crippen LogP contribution in [0.3, 0.4) is 0 Å². The molecule has 2 nitrogen and oxygen atoms in total. The fourth-order valence-electron chi connectivity index (χ4n) is 4.26. The molecule has 0 N–H and O–H groups in total. The topological polar surface area (TPSA) is 26.3 Å². The van der Waals surface area contributed by atoms with E-state index in [1.54, 1.807) is 0 Å². The third-order valence-electron chi connectivity index (χ3n) is 5.64. The number of hydrogen-bond donors (Lipinski definition) is 0. The molecular weight excluding hydrogens is 356 g/mol. The molecule has 29 heavy (non-hydrogen) atoms. The van der Waals surface area contributed by atoms with Crippen molar-refractivity contribution in [1.29, 1.82) is 0 Å². The van der Waals surface area contributed by atoms with Gasteiger partial charge in [0.15, 0.2) is 5.78 Å². The Labute approximate surface area is 168 Å². The predicted molar refractivity (Wildman–Crippen MR) is 116 cm³/mol. The van der Waals surface area contributed by atoms with Crippen LogP contribution in [0, 0.1) is 0 Å². The number of benzene rings is 4. The Morgan fingerprint density at radius 2 is 1.17 bits per heavy atom. The monoisotopic (exact) mass is 372 g/mol. The zero-order valence-electron chi connectivity index (χ0n) is 15.6. The van der Waals surface area contributed by atoms with E-state index in [4.69, 9.17) is 4.74 Å². The maximum Gasteiger partial charge on any atom is 0.194 e. The minimum absolute atomic E-state index is 0.0507. The van der Waals surface area contributed by atoms with Gasteiger partial charge in [-0.2, -0.15) is 0 Å². The van der Waals surface area contributed by atoms with Crippen molar-refractivity contribution in [2.75, 3.05) is 0 Å². The average Bonchev–Trinajstić information content (AvgIpc) is 2.77. The van der Waals surface area contributed by atoms with E-state index in [2.05, 4.69) is 12.1 Å². The number of para-hydroxylation sites is 2. The lowest BCUT2D eigenvalue weighted by Crippen LogP contribution is -2.13. The number of hydrogen-bond acceptors (Lipinski definition) is 2. The van der Waals surface area contributed by atoms with Crippen molar-refractivity contribution < 1.29 is 9.53 Å². The number of rotatable bonds is 0. The Balaban J connectivity index is 1.64. The van der Waals surface area contributed by atoms with Gasteiger partial charge in [-0.15, -0.1) is 0 Å². The molecule has 0 atom stereocenters. The summed E-state index contributed by atoms with van der Waals surface area (Å²) in [5.74, 6) is 1.60. The van der Waals surface area contributed by atoms with Gasteiger partial charge in [-0.3, -0.25) is 4.79 Å². The van der Waals surface area contributed by atoms with Crippen molar-refractivity contribution in [2.24, 2.45) is 0 Å². The second-order valence-corrected chi connectivity index (χ2v) is 7.33. The summed E-state index contributed by atoms with van der Waals surface area (Å²) in [5.41, 5.74) is 5.24. The van der Waals surface area contributed by atoms with E-state index in [1.165, 1.54) is 0 Å². The van der Waals surface area contributed by atoms with Crippen LogP contribution < -0.4 is 4.74 Å². The number of fused-ring (bicyclic) bond motifs is 4. The van der Waals surface area contributed by atoms with Crippen LogP contribution in [0.25, 0.3) is 22.4 Å². The first-order valence-corrected chi connectivity index (χ1v) is 9.66. The van der Waals surface area contributed by atoms with Crippen LogP contribution in [0.15, 0.2) is 96.6 Å². The van der Waals surface area contributed by atoms with Gasteiger partial charge in [0.25, 0.3) is 0 Å². The number of ketones is 1. The molecule has 4 aromatic rings. The van der Waals surface area contributed by atoms with E-state index in [1.807, 2.05) is 84.9 Å². The fourth-order valence-corrected chi connectivity index (χ4v) is 4.26. The summed E-state index contributed by atoms with van der Waals surface area (Å²) in [6, 6.07) is 28.0. The Hall–Kier alpha value is -3.91. The van der Waals surface area contributed by atoms with Crippen LogP contribution in [0.4, 0.5) is 0 Å². The molecule has 1 aliphatic carbocycles. The number of carbonyl (C=O) groups is 1. The van der Waals surface area contributed by atoms with Crippen LogP contribution in [0.2, 0.25) is 0 Å². The molecule has 0 amide bonds. The molecule has 0 spiro atoms. The quantitative estimate of drug-likeness (QED) is 0.284. The molecule has 0 radical (unpaired) electrons. The van der Waals surface area contributed by atoms with Gasteiger partial charge in [-0.25, -0.2) is 0 Å². The second-order valence-electron chi connectivity index (χ2n) is 7.33. The third kappa shape index (κ3) is 2.39. The molecule has 4 aromatic carbocycles. The fraction of sp³-hybridized carbons (Fsp3) is 0. The molecule has 2 heteroatoms. The highest BCUT2D eigenvalue weighted by molar-refractivity contribution is 6.22. The molecule has 0 unspecified atom stereocenters. The molecule has 0 saturated carbocycles. The predicted octanol–water partition coefficient (Wildman–Crippen LogP) is 6.66. The van der Waals surface area contributed by atoms with E-state index in [0.717, 1.165) is 50.1 Å². The van der Waals surface area contributed by atoms with Crippen LogP contribution in [-0.2, 0) is 0 Å². The van der Waals surface area contributed by atoms with Crippen molar-refractivity contribution in [1.82, 2.24) is 0 Å². The van der Waals surface area contributed by atoms with Crippen molar-refractivity contribution in [3.8, 4) is 11.5 Å². The van der Waals surface area contributed by atoms with Gasteiger partial charge < -0.3 is 4.74 Å². The highest BCUT2D eigenvalue weighted by atomic mass is 16.5. The third-order valence-corrected chi connectivity index (χ3v) is 5.64. The first-order chi connectivity index (χ1) is 14.3. The van der Waals surface area contributed by atoms with Crippen molar-refractivity contribution in [3.63, 3.8) is 0 Å². The largest absolute Gasteiger partial charge is 0.456 e. The number of allylic oxidation sites excluding steroid dienone is 2. The Morgan fingerprint density at radius 1 is 0.586 bits per heavy atom. The summed E-state index contributed by atoms with van der Waals surface area (Å²) in [6.07, 6.45) is 4.00. The minimum Gasteiger partial charge on any atom is -0.456 e. The second kappa shape index (κ2) is 6.05. The summed E-state index contributed by atoms with van der Waals surface area (Å²) >= 11 is 0. The molecule has 6 rings (SSSR count). The lowest BCUT2D eigenvalue weighted by Gasteiger charge is -2.25. The van der Waals surface area contributed by atoms with Crippen LogP contribution in [0.5, 0.6) is 11.5 Å². The van der Waals surface area contributed by atoms with Gasteiger partial charge in [-0.1, -0.05) is 66.7 Å². The number of carbonyl (C=O) groups excluding carboxylic acids is 1. The molecule has 2 aliphatic rings. The van der Waals surface area contributed by atoms with E-state index in [0.29, 0.717) is 5.57 Å². The Kier molecular flexibility index (Phi) is 3.35. The minimum atomic E-state index is 0.0507. The van der Waals surface area contributed by atoms with E-state index < -0.39 is 0 Å². The van der Waals surface area contributed by atoms with E-state index >= 15 is 0 Å². The van der Waals surface area contributed by atoms with Crippen LogP contribution in [-0.4, -0.2) is 5.78 Å². The zero-order valence-corrected chi connectivity index (χ0v) is 15.6. The normalized spacial score (nSPS) is 14.3. The lowest BCUT2D eigenvalue weighted by molar-refractivity contribution is 0.103. The molecule has 136 valence electrons. The van der Waals surface area contributed by atoms with E-state index in [-0.39, 0.29) is 5.78 Å². The highest BCUT2D eigenvalue weighted by Crippen LogP contribution is 2.46. The van der Waals surface area contributed by atoms with Crippen molar-refractivity contribution >= 4 is 28.2 Å². The molecule has 0 saturated heterocycles. The summed E-state index contributed by atoms with van der Waals surface area (Å²) in [6.45, 7) is 0. The first-order valence-electron chi connectivity index (χ1n) is 9.66. The summed E-state index contributed by atoms with van der Waals surface area (Å²) in [5, 5.41) is 2.22. The molecule has 0 aromatic heterocycles. The first kappa shape index (κ1) is 16.1. The van der Waals surface area contributed by atoms with Gasteiger partial charge >= 0.3 is 0 Å². The Bertz CT molecular complexity index is 1340. The number of Topliss-reactive ketones (excluding diaryl/α,β-unsaturated/α-hetero) is 1. The van der Waals surface area contributed by atoms with Gasteiger partial charge in [-0.05, 0) is 46.7 Å². The maximum atomic E-state index is 13.6. The molecule has 1 heterocycles. The SMILES string of the molecule is O=C1C(=C2c3ccccc3Oc3ccccc32)C=Cc2cc3ccccc3cc21. The average molecular weight is 372 g/mol. The van der Waals surface area contributed by atoms with Gasteiger partial charge in [0.05, 0.1) is 0 Å². The number of ether oxygens (including phenoxy) is 1. The van der Waals surface area contributed by atoms with Crippen molar-refractivity contribution in [3.05, 3.63) is 119 Å². The van der Waals surface area contributed by atoms with Crippen molar-refractivity contribution in [2.45, 2.75) is 0 Å². The lowest BCUT2D eigenvalue weighted by atomic mass is 9.83. The molecule has 0 bridgehead atoms. The van der Waals surface area contributed by atoms with Gasteiger partial charge in [0.1, 0.15) is 11.5 Å². The summed E-state index contributed by atoms with van der Waals surface area (Å²) in [4.78, 5) is 13.6. The van der Waals surface area contributed by atoms with Gasteiger partial charge in [0.2, 0.25) is 0 Å². The summed E-state index contributed by atoms with van der Waals surface area (Å²) in [7, 11) is 0. The van der Waals surface area contributed by atoms with Gasteiger partial charge in [0, 0.05) is 27.8 Å². The standard InChI is InChI=1S/C27H16O2/c28-27-22(14-13-19-15-17-7-1-2-8-18(17)16-23(19)27)26-20-9-3-5-11-24(20)29-25-12-6-4-10-21(25)26/h1-16H. The Morgan fingerprint density at radius 3 is 1.86 bits per heavy atom. The zero-order chi connectivity index (χ0) is 19.4. The maximum absolute atomic E-state index is 13.6. The smallest absolute Gasteiger partial charge is 0.194 e. The molecule has 0 fully saturated rings.